The summed E-state index contributed by atoms with van der Waals surface area (Å²) in [7, 11) is 0. The van der Waals surface area contributed by atoms with Crippen LogP contribution in [0, 0.1) is 6.92 Å². The summed E-state index contributed by atoms with van der Waals surface area (Å²) in [6.45, 7) is 4.39. The third kappa shape index (κ3) is 2.30. The van der Waals surface area contributed by atoms with E-state index in [9.17, 15) is 0 Å². The molecule has 0 spiro atoms. The topological polar surface area (TPSA) is 73.3 Å². The lowest BCUT2D eigenvalue weighted by atomic mass is 10.2. The zero-order valence-corrected chi connectivity index (χ0v) is 10.2. The number of aryl methyl sites for hydroxylation is 1. The van der Waals surface area contributed by atoms with E-state index in [1.165, 1.54) is 0 Å². The predicted molar refractivity (Wildman–Crippen MR) is 63.1 cm³/mol. The fourth-order valence-corrected chi connectivity index (χ4v) is 1.98. The van der Waals surface area contributed by atoms with E-state index in [1.54, 1.807) is 6.26 Å². The summed E-state index contributed by atoms with van der Waals surface area (Å²) < 4.78 is 16.1. The number of hydrogen-bond acceptors (Lipinski definition) is 6. The predicted octanol–water partition coefficient (Wildman–Crippen LogP) is 1.17. The third-order valence-electron chi connectivity index (χ3n) is 2.94. The average molecular weight is 249 g/mol. The van der Waals surface area contributed by atoms with Crippen molar-refractivity contribution in [1.29, 1.82) is 0 Å². The first kappa shape index (κ1) is 11.4. The molecule has 1 unspecified atom stereocenters. The molecule has 1 atom stereocenters. The Bertz CT molecular complexity index is 514. The molecule has 1 saturated heterocycles. The summed E-state index contributed by atoms with van der Waals surface area (Å²) in [5.74, 6) is 1.73. The molecule has 3 heterocycles. The third-order valence-corrected chi connectivity index (χ3v) is 2.94. The average Bonchev–Trinajstić information content (AvgIpc) is 2.99. The van der Waals surface area contributed by atoms with Crippen molar-refractivity contribution in [2.75, 3.05) is 19.7 Å². The molecule has 1 N–H and O–H groups in total. The van der Waals surface area contributed by atoms with Crippen molar-refractivity contribution in [3.63, 3.8) is 0 Å². The van der Waals surface area contributed by atoms with E-state index in [0.717, 1.165) is 25.3 Å². The molecule has 6 nitrogen and oxygen atoms in total. The van der Waals surface area contributed by atoms with Crippen molar-refractivity contribution in [3.8, 4) is 11.6 Å². The van der Waals surface area contributed by atoms with Crippen LogP contribution >= 0.6 is 0 Å². The number of rotatable bonds is 3. The van der Waals surface area contributed by atoms with Crippen LogP contribution in [0.3, 0.4) is 0 Å². The van der Waals surface area contributed by atoms with Crippen LogP contribution in [0.15, 0.2) is 21.3 Å². The minimum atomic E-state index is 0.102. The van der Waals surface area contributed by atoms with Gasteiger partial charge in [0.15, 0.2) is 5.76 Å². The van der Waals surface area contributed by atoms with E-state index < -0.39 is 0 Å². The SMILES string of the molecule is Cc1ccoc1-c1noc(CC2CNCCO2)n1. The van der Waals surface area contributed by atoms with Crippen molar-refractivity contribution in [1.82, 2.24) is 15.5 Å². The second-order valence-corrected chi connectivity index (χ2v) is 4.35. The molecule has 0 aliphatic carbocycles. The van der Waals surface area contributed by atoms with E-state index in [-0.39, 0.29) is 6.10 Å². The Morgan fingerprint density at radius 1 is 1.50 bits per heavy atom. The van der Waals surface area contributed by atoms with Gasteiger partial charge in [0.25, 0.3) is 0 Å². The minimum absolute atomic E-state index is 0.102. The summed E-state index contributed by atoms with van der Waals surface area (Å²) in [6.07, 6.45) is 2.35. The van der Waals surface area contributed by atoms with E-state index in [2.05, 4.69) is 15.5 Å². The Balaban J connectivity index is 1.71. The summed E-state index contributed by atoms with van der Waals surface area (Å²) in [6, 6.07) is 1.87. The van der Waals surface area contributed by atoms with Crippen LogP contribution in [0.4, 0.5) is 0 Å². The Morgan fingerprint density at radius 3 is 3.17 bits per heavy atom. The van der Waals surface area contributed by atoms with Crippen molar-refractivity contribution in [3.05, 3.63) is 23.8 Å². The molecule has 1 aliphatic rings. The Morgan fingerprint density at radius 2 is 2.44 bits per heavy atom. The first-order valence-electron chi connectivity index (χ1n) is 6.02. The van der Waals surface area contributed by atoms with Gasteiger partial charge in [-0.15, -0.1) is 0 Å². The molecule has 0 saturated carbocycles. The van der Waals surface area contributed by atoms with Gasteiger partial charge in [0.1, 0.15) is 0 Å². The van der Waals surface area contributed by atoms with Crippen molar-refractivity contribution < 1.29 is 13.7 Å². The molecular formula is C12H15N3O3. The molecule has 0 aromatic carbocycles. The largest absolute Gasteiger partial charge is 0.461 e. The molecule has 3 rings (SSSR count). The highest BCUT2D eigenvalue weighted by atomic mass is 16.5. The van der Waals surface area contributed by atoms with Gasteiger partial charge in [-0.3, -0.25) is 0 Å². The van der Waals surface area contributed by atoms with Crippen LogP contribution in [0.2, 0.25) is 0 Å². The van der Waals surface area contributed by atoms with Gasteiger partial charge in [-0.25, -0.2) is 0 Å². The van der Waals surface area contributed by atoms with Gasteiger partial charge in [0.05, 0.1) is 25.4 Å². The monoisotopic (exact) mass is 249 g/mol. The Labute approximate surface area is 104 Å². The van der Waals surface area contributed by atoms with Crippen LogP contribution in [-0.2, 0) is 11.2 Å². The lowest BCUT2D eigenvalue weighted by Gasteiger charge is -2.21. The van der Waals surface area contributed by atoms with Crippen LogP contribution < -0.4 is 5.32 Å². The molecule has 0 bridgehead atoms. The second-order valence-electron chi connectivity index (χ2n) is 4.35. The molecule has 2 aromatic rings. The maximum atomic E-state index is 5.59. The second kappa shape index (κ2) is 4.91. The van der Waals surface area contributed by atoms with Crippen molar-refractivity contribution >= 4 is 0 Å². The lowest BCUT2D eigenvalue weighted by Crippen LogP contribution is -2.39. The van der Waals surface area contributed by atoms with Gasteiger partial charge in [-0.1, -0.05) is 5.16 Å². The highest BCUT2D eigenvalue weighted by molar-refractivity contribution is 5.50. The van der Waals surface area contributed by atoms with Gasteiger partial charge in [-0.2, -0.15) is 4.98 Å². The van der Waals surface area contributed by atoms with Gasteiger partial charge in [-0.05, 0) is 18.6 Å². The fraction of sp³-hybridized carbons (Fsp3) is 0.500. The van der Waals surface area contributed by atoms with Crippen molar-refractivity contribution in [2.24, 2.45) is 0 Å². The first-order valence-corrected chi connectivity index (χ1v) is 6.02. The van der Waals surface area contributed by atoms with Crippen LogP contribution in [0.5, 0.6) is 0 Å². The molecule has 0 amide bonds. The number of morpholine rings is 1. The molecule has 0 radical (unpaired) electrons. The Hall–Kier alpha value is -1.66. The number of furan rings is 1. The number of ether oxygens (including phenoxy) is 1. The first-order chi connectivity index (χ1) is 8.83. The molecule has 6 heteroatoms. The van der Waals surface area contributed by atoms with Gasteiger partial charge in [0.2, 0.25) is 11.7 Å². The van der Waals surface area contributed by atoms with Gasteiger partial charge >= 0.3 is 0 Å². The molecule has 2 aromatic heterocycles. The Kier molecular flexibility index (Phi) is 3.12. The van der Waals surface area contributed by atoms with Crippen LogP contribution in [0.25, 0.3) is 11.6 Å². The van der Waals surface area contributed by atoms with E-state index in [4.69, 9.17) is 13.7 Å². The maximum Gasteiger partial charge on any atom is 0.238 e. The van der Waals surface area contributed by atoms with Gasteiger partial charge < -0.3 is 19.0 Å². The summed E-state index contributed by atoms with van der Waals surface area (Å²) in [5, 5.41) is 7.19. The highest BCUT2D eigenvalue weighted by Gasteiger charge is 2.19. The van der Waals surface area contributed by atoms with E-state index >= 15 is 0 Å². The number of hydrogen-bond donors (Lipinski definition) is 1. The van der Waals surface area contributed by atoms with Gasteiger partial charge in [0, 0.05) is 13.1 Å². The summed E-state index contributed by atoms with van der Waals surface area (Å²) in [5.41, 5.74) is 0.998. The van der Waals surface area contributed by atoms with Crippen LogP contribution in [0.1, 0.15) is 11.5 Å². The molecular weight excluding hydrogens is 234 g/mol. The lowest BCUT2D eigenvalue weighted by molar-refractivity contribution is 0.0246. The number of aromatic nitrogens is 2. The smallest absolute Gasteiger partial charge is 0.238 e. The molecule has 1 aliphatic heterocycles. The number of nitrogens with zero attached hydrogens (tertiary/aromatic N) is 2. The van der Waals surface area contributed by atoms with E-state index in [1.807, 2.05) is 13.0 Å². The maximum absolute atomic E-state index is 5.59. The zero-order chi connectivity index (χ0) is 12.4. The molecule has 1 fully saturated rings. The fourth-order valence-electron chi connectivity index (χ4n) is 1.98. The molecule has 96 valence electrons. The van der Waals surface area contributed by atoms with Crippen LogP contribution in [-0.4, -0.2) is 35.9 Å². The van der Waals surface area contributed by atoms with E-state index in [0.29, 0.717) is 23.9 Å². The summed E-state index contributed by atoms with van der Waals surface area (Å²) >= 11 is 0. The molecule has 18 heavy (non-hydrogen) atoms. The quantitative estimate of drug-likeness (QED) is 0.880. The highest BCUT2D eigenvalue weighted by Crippen LogP contribution is 2.21. The number of nitrogens with one attached hydrogen (secondary N) is 1. The standard InChI is InChI=1S/C12H15N3O3/c1-8-2-4-17-11(8)12-14-10(18-15-12)6-9-7-13-3-5-16-9/h2,4,9,13H,3,5-7H2,1H3. The normalized spacial score (nSPS) is 20.2. The zero-order valence-electron chi connectivity index (χ0n) is 10.2. The van der Waals surface area contributed by atoms with Crippen molar-refractivity contribution in [2.45, 2.75) is 19.4 Å². The minimum Gasteiger partial charge on any atom is -0.461 e. The summed E-state index contributed by atoms with van der Waals surface area (Å²) in [4.78, 5) is 4.33.